The van der Waals surface area contributed by atoms with Crippen LogP contribution in [0.5, 0.6) is 0 Å². The minimum absolute atomic E-state index is 0. The van der Waals surface area contributed by atoms with Gasteiger partial charge in [0.2, 0.25) is 0 Å². The molecule has 0 aromatic carbocycles. The Bertz CT molecular complexity index is 143. The van der Waals surface area contributed by atoms with E-state index in [1.165, 1.54) is 0 Å². The van der Waals surface area contributed by atoms with Gasteiger partial charge in [0.05, 0.1) is 0 Å². The summed E-state index contributed by atoms with van der Waals surface area (Å²) < 4.78 is 0. The summed E-state index contributed by atoms with van der Waals surface area (Å²) in [6, 6.07) is 0. The number of hydrogen-bond acceptors (Lipinski definition) is 1. The third-order valence-corrected chi connectivity index (χ3v) is 1.01. The fourth-order valence-electron chi connectivity index (χ4n) is 0.370. The number of aromatic nitrogens is 2. The molecule has 8 heavy (non-hydrogen) atoms. The predicted octanol–water partition coefficient (Wildman–Crippen LogP) is 0.824. The molecule has 0 saturated carbocycles. The third-order valence-electron chi connectivity index (χ3n) is 1.01. The molecule has 0 aliphatic heterocycles. The average Bonchev–Trinajstić information content (AvgIpc) is 1.91. The largest absolute Gasteiger partial charge is 0.464 e. The number of imidazole rings is 1. The second-order valence-corrected chi connectivity index (χ2v) is 1.56. The summed E-state index contributed by atoms with van der Waals surface area (Å²) in [6.45, 7) is 3.92. The predicted molar refractivity (Wildman–Crippen MR) is 26.9 cm³/mol. The van der Waals surface area contributed by atoms with Crippen LogP contribution in [0.4, 0.5) is 0 Å². The maximum atomic E-state index is 3.84. The van der Waals surface area contributed by atoms with Gasteiger partial charge in [-0.15, -0.1) is 5.69 Å². The molecule has 2 nitrogen and oxygen atoms in total. The van der Waals surface area contributed by atoms with Crippen LogP contribution >= 0.6 is 0 Å². The molecule has 0 aliphatic rings. The van der Waals surface area contributed by atoms with Gasteiger partial charge in [-0.3, -0.25) is 0 Å². The SMILES string of the molecule is Cc1n[c-][nH]c1C.[Y]. The Labute approximate surface area is 74.0 Å². The van der Waals surface area contributed by atoms with Crippen LogP contribution in [0.25, 0.3) is 0 Å². The zero-order valence-corrected chi connectivity index (χ0v) is 7.86. The molecule has 0 bridgehead atoms. The van der Waals surface area contributed by atoms with Crippen LogP contribution in [0.2, 0.25) is 0 Å². The van der Waals surface area contributed by atoms with Crippen molar-refractivity contribution < 1.29 is 32.7 Å². The second kappa shape index (κ2) is 3.36. The molecule has 1 aromatic heterocycles. The van der Waals surface area contributed by atoms with E-state index in [-0.39, 0.29) is 32.7 Å². The van der Waals surface area contributed by atoms with E-state index in [4.69, 9.17) is 0 Å². The fraction of sp³-hybridized carbons (Fsp3) is 0.400. The number of aromatic amines is 1. The van der Waals surface area contributed by atoms with Gasteiger partial charge in [0.25, 0.3) is 0 Å². The van der Waals surface area contributed by atoms with Crippen LogP contribution in [0, 0.1) is 20.2 Å². The van der Waals surface area contributed by atoms with E-state index in [1.54, 1.807) is 0 Å². The summed E-state index contributed by atoms with van der Waals surface area (Å²) in [5.74, 6) is 0. The molecule has 1 radical (unpaired) electrons. The summed E-state index contributed by atoms with van der Waals surface area (Å²) in [5, 5.41) is 0. The van der Waals surface area contributed by atoms with Crippen molar-refractivity contribution in [3.63, 3.8) is 0 Å². The zero-order valence-electron chi connectivity index (χ0n) is 5.02. The Balaban J connectivity index is 0.000000490. The Hall–Kier alpha value is 0.314. The number of hydrogen-bond donors (Lipinski definition) is 1. The van der Waals surface area contributed by atoms with E-state index in [1.807, 2.05) is 13.8 Å². The molecule has 1 N–H and O–H groups in total. The molecule has 1 rings (SSSR count). The first-order valence-electron chi connectivity index (χ1n) is 2.20. The van der Waals surface area contributed by atoms with Crippen molar-refractivity contribution in [3.05, 3.63) is 17.7 Å². The molecule has 0 atom stereocenters. The van der Waals surface area contributed by atoms with Gasteiger partial charge in [-0.2, -0.15) is 0 Å². The Kier molecular flexibility index (Phi) is 3.49. The Morgan fingerprint density at radius 3 is 2.25 bits per heavy atom. The summed E-state index contributed by atoms with van der Waals surface area (Å²) in [5.41, 5.74) is 2.13. The van der Waals surface area contributed by atoms with E-state index in [2.05, 4.69) is 16.3 Å². The molecule has 0 unspecified atom stereocenters. The van der Waals surface area contributed by atoms with Crippen molar-refractivity contribution >= 4 is 0 Å². The number of nitrogens with zero attached hydrogens (tertiary/aromatic N) is 1. The molecule has 0 amide bonds. The van der Waals surface area contributed by atoms with E-state index >= 15 is 0 Å². The van der Waals surface area contributed by atoms with Crippen molar-refractivity contribution in [2.24, 2.45) is 0 Å². The summed E-state index contributed by atoms with van der Waals surface area (Å²) >= 11 is 0. The molecule has 0 spiro atoms. The van der Waals surface area contributed by atoms with Crippen LogP contribution < -0.4 is 0 Å². The van der Waals surface area contributed by atoms with Gasteiger partial charge in [0.15, 0.2) is 0 Å². The molecule has 1 aromatic rings. The second-order valence-electron chi connectivity index (χ2n) is 1.56. The summed E-state index contributed by atoms with van der Waals surface area (Å²) in [6.07, 6.45) is 2.62. The molecule has 0 fully saturated rings. The van der Waals surface area contributed by atoms with Crippen molar-refractivity contribution in [1.29, 1.82) is 0 Å². The summed E-state index contributed by atoms with van der Waals surface area (Å²) in [4.78, 5) is 6.67. The smallest absolute Gasteiger partial charge is 0 e. The number of rotatable bonds is 0. The maximum absolute atomic E-state index is 3.84. The zero-order chi connectivity index (χ0) is 5.28. The normalized spacial score (nSPS) is 8.25. The van der Waals surface area contributed by atoms with Gasteiger partial charge >= 0.3 is 0 Å². The fourth-order valence-corrected chi connectivity index (χ4v) is 0.370. The van der Waals surface area contributed by atoms with Crippen molar-refractivity contribution in [3.8, 4) is 0 Å². The standard InChI is InChI=1S/C5H7N2.Y/c1-4-5(2)7-3-6-4;/h1-2H3,(H,6,7);/q-1;. The molecule has 0 aliphatic carbocycles. The van der Waals surface area contributed by atoms with Gasteiger partial charge < -0.3 is 9.97 Å². The van der Waals surface area contributed by atoms with Crippen molar-refractivity contribution in [2.45, 2.75) is 13.8 Å². The average molecular weight is 184 g/mol. The molecular weight excluding hydrogens is 177 g/mol. The minimum atomic E-state index is 0. The molecule has 3 heteroatoms. The molecular formula is C5H7N2Y-. The number of nitrogens with one attached hydrogen (secondary N) is 1. The van der Waals surface area contributed by atoms with E-state index < -0.39 is 0 Å². The van der Waals surface area contributed by atoms with Crippen LogP contribution in [0.15, 0.2) is 0 Å². The minimum Gasteiger partial charge on any atom is -0.464 e. The van der Waals surface area contributed by atoms with E-state index in [0.29, 0.717) is 0 Å². The van der Waals surface area contributed by atoms with Crippen LogP contribution in [0.3, 0.4) is 0 Å². The summed E-state index contributed by atoms with van der Waals surface area (Å²) in [7, 11) is 0. The monoisotopic (exact) mass is 184 g/mol. The van der Waals surface area contributed by atoms with E-state index in [0.717, 1.165) is 11.4 Å². The first kappa shape index (κ1) is 8.31. The van der Waals surface area contributed by atoms with E-state index in [9.17, 15) is 0 Å². The Morgan fingerprint density at radius 1 is 1.50 bits per heavy atom. The first-order valence-corrected chi connectivity index (χ1v) is 2.20. The van der Waals surface area contributed by atoms with Gasteiger partial charge in [-0.25, -0.2) is 0 Å². The maximum Gasteiger partial charge on any atom is 0 e. The van der Waals surface area contributed by atoms with Crippen molar-refractivity contribution in [1.82, 2.24) is 9.97 Å². The molecule has 0 saturated heterocycles. The van der Waals surface area contributed by atoms with Crippen LogP contribution in [0.1, 0.15) is 11.4 Å². The molecule has 41 valence electrons. The number of H-pyrrole nitrogens is 1. The van der Waals surface area contributed by atoms with Crippen molar-refractivity contribution in [2.75, 3.05) is 0 Å². The van der Waals surface area contributed by atoms with Gasteiger partial charge in [0, 0.05) is 32.7 Å². The quantitative estimate of drug-likeness (QED) is 0.594. The first-order chi connectivity index (χ1) is 3.30. The van der Waals surface area contributed by atoms with Gasteiger partial charge in [0.1, 0.15) is 0 Å². The topological polar surface area (TPSA) is 28.7 Å². The molecule has 1 heterocycles. The Morgan fingerprint density at radius 2 is 2.12 bits per heavy atom. The van der Waals surface area contributed by atoms with Crippen LogP contribution in [-0.2, 0) is 32.7 Å². The van der Waals surface area contributed by atoms with Gasteiger partial charge in [-0.1, -0.05) is 19.5 Å². The van der Waals surface area contributed by atoms with Crippen LogP contribution in [-0.4, -0.2) is 9.97 Å². The third kappa shape index (κ3) is 1.68. The van der Waals surface area contributed by atoms with Gasteiger partial charge in [-0.05, 0) is 6.33 Å². The number of aryl methyl sites for hydroxylation is 2.